The van der Waals surface area contributed by atoms with Crippen LogP contribution in [0.2, 0.25) is 0 Å². The van der Waals surface area contributed by atoms with Crippen molar-refractivity contribution in [1.82, 2.24) is 25.8 Å². The number of hydrogen-bond acceptors (Lipinski definition) is 20. The van der Waals surface area contributed by atoms with E-state index in [9.17, 15) is 33.6 Å². The second-order valence-electron chi connectivity index (χ2n) is 21.9. The quantitative estimate of drug-likeness (QED) is 0.0655. The summed E-state index contributed by atoms with van der Waals surface area (Å²) >= 11 is 0. The maximum atomic E-state index is 12.7. The van der Waals surface area contributed by atoms with Crippen molar-refractivity contribution in [3.8, 4) is 0 Å². The van der Waals surface area contributed by atoms with Gasteiger partial charge in [-0.1, -0.05) is 12.2 Å². The summed E-state index contributed by atoms with van der Waals surface area (Å²) in [4.78, 5) is 87.8. The number of likely N-dealkylation sites (tertiary alicyclic amines) is 2. The lowest BCUT2D eigenvalue weighted by Gasteiger charge is -2.45. The molecule has 0 bridgehead atoms. The summed E-state index contributed by atoms with van der Waals surface area (Å²) in [6.45, 7) is 27.5. The molecule has 2 aliphatic heterocycles. The molecule has 2 fully saturated rings. The topological polar surface area (TPSA) is 280 Å². The summed E-state index contributed by atoms with van der Waals surface area (Å²) in [6.07, 6.45) is 5.59. The molecule has 3 amide bonds. The Morgan fingerprint density at radius 2 is 1.00 bits per heavy atom. The van der Waals surface area contributed by atoms with Gasteiger partial charge in [-0.25, -0.2) is 24.0 Å². The van der Waals surface area contributed by atoms with E-state index in [2.05, 4.69) is 30.5 Å². The van der Waals surface area contributed by atoms with Gasteiger partial charge < -0.3 is 69.1 Å². The normalized spacial score (nSPS) is 24.2. The highest BCUT2D eigenvalue weighted by molar-refractivity contribution is 5.90. The molecule has 2 aliphatic carbocycles. The van der Waals surface area contributed by atoms with Crippen LogP contribution in [0.5, 0.6) is 0 Å². The van der Waals surface area contributed by atoms with Crippen molar-refractivity contribution in [2.24, 2.45) is 5.73 Å². The van der Waals surface area contributed by atoms with Crippen LogP contribution < -0.4 is 21.7 Å². The first-order chi connectivity index (χ1) is 35.5. The smallest absolute Gasteiger partial charge is 0.463 e. The zero-order valence-electron chi connectivity index (χ0n) is 48.0. The zero-order valence-corrected chi connectivity index (χ0v) is 48.0. The summed E-state index contributed by atoms with van der Waals surface area (Å²) in [7, 11) is 3.29. The minimum absolute atomic E-state index is 0.0144. The van der Waals surface area contributed by atoms with Gasteiger partial charge in [0.25, 0.3) is 0 Å². The molecular weight excluding hydrogens is 993 g/mol. The Hall–Kier alpha value is -4.91. The van der Waals surface area contributed by atoms with E-state index in [4.69, 9.17) is 48.4 Å². The molecule has 23 nitrogen and oxygen atoms in total. The van der Waals surface area contributed by atoms with Crippen LogP contribution in [0.1, 0.15) is 129 Å². The highest BCUT2D eigenvalue weighted by atomic mass is 16.8. The SMILES string of the molecule is CC(C)(C)OC(=O)OC(=O)OC(C)(C)C.CCOC(=O)C1=C[C@@H](N2CCC[C@@H](OCCOC)C2)[C@H](NC(C)=O)[C@@H](N)C1.CCOC(=O)C1=C[C@@H](N2CCC[C@@H](OCCOC)C2)[C@H](NC(C)=O)[C@@H](NC(=O)OC(C)(C)C)C1. The van der Waals surface area contributed by atoms with Gasteiger partial charge in [-0.3, -0.25) is 19.4 Å². The molecule has 0 aromatic heterocycles. The third-order valence-electron chi connectivity index (χ3n) is 11.7. The molecule has 0 saturated carbocycles. The second-order valence-corrected chi connectivity index (χ2v) is 21.9. The average Bonchev–Trinajstić information content (AvgIpc) is 3.29. The molecule has 4 aliphatic rings. The lowest BCUT2D eigenvalue weighted by molar-refractivity contribution is -0.139. The van der Waals surface area contributed by atoms with Crippen molar-refractivity contribution in [1.29, 1.82) is 0 Å². The van der Waals surface area contributed by atoms with Gasteiger partial charge in [0.05, 0.1) is 82.1 Å². The van der Waals surface area contributed by atoms with Crippen molar-refractivity contribution in [2.75, 3.05) is 80.0 Å². The number of piperidine rings is 2. The van der Waals surface area contributed by atoms with Gasteiger partial charge in [-0.2, -0.15) is 0 Å². The Labute approximate surface area is 450 Å². The molecular formula is C53H92N6O17. The minimum Gasteiger partial charge on any atom is -0.463 e. The molecule has 76 heavy (non-hydrogen) atoms. The number of carbonyl (C=O) groups is 7. The number of ether oxygens (including phenoxy) is 10. The predicted molar refractivity (Wildman–Crippen MR) is 281 cm³/mol. The van der Waals surface area contributed by atoms with Crippen molar-refractivity contribution in [3.05, 3.63) is 23.3 Å². The number of rotatable bonds is 17. The van der Waals surface area contributed by atoms with Gasteiger partial charge in [0.1, 0.15) is 16.8 Å². The molecule has 0 unspecified atom stereocenters. The maximum Gasteiger partial charge on any atom is 0.519 e. The summed E-state index contributed by atoms with van der Waals surface area (Å²) in [6, 6.07) is -2.10. The zero-order chi connectivity index (χ0) is 57.4. The minimum atomic E-state index is -1.06. The van der Waals surface area contributed by atoms with Gasteiger partial charge in [0.15, 0.2) is 0 Å². The first kappa shape index (κ1) is 67.2. The lowest BCUT2D eigenvalue weighted by atomic mass is 9.84. The van der Waals surface area contributed by atoms with Crippen LogP contribution in [-0.2, 0) is 66.5 Å². The molecule has 2 saturated heterocycles. The Kier molecular flexibility index (Phi) is 28.9. The lowest BCUT2D eigenvalue weighted by Crippen LogP contribution is -2.64. The van der Waals surface area contributed by atoms with E-state index in [-0.39, 0.29) is 67.2 Å². The van der Waals surface area contributed by atoms with Gasteiger partial charge in [0.2, 0.25) is 11.8 Å². The predicted octanol–water partition coefficient (Wildman–Crippen LogP) is 4.85. The van der Waals surface area contributed by atoms with Crippen LogP contribution in [0.3, 0.4) is 0 Å². The summed E-state index contributed by atoms with van der Waals surface area (Å²) in [5.74, 6) is -1.10. The number of carbonyl (C=O) groups excluding carboxylic acids is 7. The van der Waals surface area contributed by atoms with Gasteiger partial charge >= 0.3 is 30.3 Å². The van der Waals surface area contributed by atoms with E-state index in [0.29, 0.717) is 57.1 Å². The molecule has 0 aromatic carbocycles. The number of methoxy groups -OCH3 is 2. The Morgan fingerprint density at radius 1 is 0.592 bits per heavy atom. The molecule has 23 heteroatoms. The molecule has 436 valence electrons. The van der Waals surface area contributed by atoms with Crippen LogP contribution >= 0.6 is 0 Å². The first-order valence-corrected chi connectivity index (χ1v) is 26.4. The molecule has 0 spiro atoms. The molecule has 0 aromatic rings. The van der Waals surface area contributed by atoms with E-state index in [1.807, 2.05) is 12.2 Å². The highest BCUT2D eigenvalue weighted by Crippen LogP contribution is 2.29. The largest absolute Gasteiger partial charge is 0.519 e. The number of nitrogens with one attached hydrogen (secondary N) is 3. The molecule has 2 heterocycles. The summed E-state index contributed by atoms with van der Waals surface area (Å²) in [5, 5.41) is 8.85. The molecule has 8 atom stereocenters. The van der Waals surface area contributed by atoms with Crippen LogP contribution in [0, 0.1) is 0 Å². The third-order valence-corrected chi connectivity index (χ3v) is 11.7. The monoisotopic (exact) mass is 1080 g/mol. The van der Waals surface area contributed by atoms with Gasteiger partial charge in [0, 0.05) is 64.8 Å². The van der Waals surface area contributed by atoms with Crippen molar-refractivity contribution < 1.29 is 80.9 Å². The van der Waals surface area contributed by atoms with Gasteiger partial charge in [-0.05, 0) is 121 Å². The fourth-order valence-electron chi connectivity index (χ4n) is 8.81. The van der Waals surface area contributed by atoms with E-state index in [1.54, 1.807) is 90.4 Å². The number of hydrogen-bond donors (Lipinski definition) is 4. The van der Waals surface area contributed by atoms with Crippen LogP contribution in [-0.4, -0.2) is 197 Å². The van der Waals surface area contributed by atoms with Crippen molar-refractivity contribution in [3.63, 3.8) is 0 Å². The summed E-state index contributed by atoms with van der Waals surface area (Å²) in [5.41, 5.74) is 5.32. The average molecular weight is 1090 g/mol. The number of nitrogens with zero attached hydrogens (tertiary/aromatic N) is 2. The van der Waals surface area contributed by atoms with E-state index in [1.165, 1.54) is 13.8 Å². The van der Waals surface area contributed by atoms with Crippen LogP contribution in [0.4, 0.5) is 14.4 Å². The van der Waals surface area contributed by atoms with Crippen molar-refractivity contribution in [2.45, 2.75) is 194 Å². The Bertz CT molecular complexity index is 1900. The fraction of sp³-hybridized carbons (Fsp3) is 0.792. The highest BCUT2D eigenvalue weighted by Gasteiger charge is 2.42. The van der Waals surface area contributed by atoms with Crippen molar-refractivity contribution >= 4 is 42.2 Å². The van der Waals surface area contributed by atoms with Gasteiger partial charge in [-0.15, -0.1) is 0 Å². The number of alkyl carbamates (subject to hydrolysis) is 1. The van der Waals surface area contributed by atoms with Crippen LogP contribution in [0.15, 0.2) is 23.3 Å². The second kappa shape index (κ2) is 32.7. The van der Waals surface area contributed by atoms with Crippen LogP contribution in [0.25, 0.3) is 0 Å². The maximum absolute atomic E-state index is 12.7. The Balaban J connectivity index is 0.000000419. The number of esters is 2. The number of nitrogens with two attached hydrogens (primary N) is 1. The third kappa shape index (κ3) is 26.4. The standard InChI is InChI=1S/C24H41N3O7.C19H33N3O5.C10H18O5/c1-7-32-22(29)17-13-19(26-23(30)34-24(3,4)5)21(25-16(2)28)20(14-17)27-10-8-9-18(15-27)33-12-11-31-6;1-4-26-19(24)14-10-16(20)18(21-13(2)23)17(11-14)22-7-5-6-15(12-22)27-9-8-25-3;1-9(2,3)14-7(11)13-8(12)15-10(4,5)6/h14,18-21H,7-13,15H2,1-6H3,(H,25,28)(H,26,30);11,15-18H,4-10,12,20H2,1-3H3,(H,21,23);1-6H3/t18-,19+,20-,21-;15-,16+,17-,18-;/m11./s1. The number of amides is 3. The fourth-order valence-corrected chi connectivity index (χ4v) is 8.81. The van der Waals surface area contributed by atoms with E-state index < -0.39 is 53.3 Å². The first-order valence-electron chi connectivity index (χ1n) is 26.4. The molecule has 5 N–H and O–H groups in total. The van der Waals surface area contributed by atoms with E-state index >= 15 is 0 Å². The Morgan fingerprint density at radius 3 is 1.39 bits per heavy atom. The van der Waals surface area contributed by atoms with E-state index in [0.717, 1.165) is 45.3 Å². The summed E-state index contributed by atoms with van der Waals surface area (Å²) < 4.78 is 51.7. The molecule has 0 radical (unpaired) electrons. The molecule has 4 rings (SSSR count).